The fourth-order valence-corrected chi connectivity index (χ4v) is 3.00. The second-order valence-corrected chi connectivity index (χ2v) is 5.63. The number of carboxylic acid groups (broad SMARTS) is 1. The highest BCUT2D eigenvalue weighted by Gasteiger charge is 2.27. The van der Waals surface area contributed by atoms with Gasteiger partial charge in [-0.2, -0.15) is 0 Å². The van der Waals surface area contributed by atoms with Gasteiger partial charge >= 0.3 is 5.97 Å². The van der Waals surface area contributed by atoms with E-state index in [4.69, 9.17) is 5.11 Å². The number of ketones is 1. The van der Waals surface area contributed by atoms with Gasteiger partial charge in [0, 0.05) is 5.92 Å². The van der Waals surface area contributed by atoms with E-state index < -0.39 is 5.97 Å². The van der Waals surface area contributed by atoms with Crippen molar-refractivity contribution >= 4 is 11.8 Å². The zero-order valence-corrected chi connectivity index (χ0v) is 13.2. The summed E-state index contributed by atoms with van der Waals surface area (Å²) in [6.45, 7) is 3.52. The van der Waals surface area contributed by atoms with E-state index in [1.54, 1.807) is 49.4 Å². The van der Waals surface area contributed by atoms with E-state index in [1.165, 1.54) is 0 Å². The van der Waals surface area contributed by atoms with Crippen LogP contribution in [0, 0.1) is 0 Å². The summed E-state index contributed by atoms with van der Waals surface area (Å²) in [5.41, 5.74) is 1.87. The SMILES string of the molecule is CC[C@@H](c1cccc(C(=O)O)c1)[C@H](C(C)=O)c1ccc(O)cc1. The van der Waals surface area contributed by atoms with E-state index in [1.807, 2.05) is 13.0 Å². The Labute approximate surface area is 135 Å². The quantitative estimate of drug-likeness (QED) is 0.846. The minimum atomic E-state index is -0.981. The highest BCUT2D eigenvalue weighted by Crippen LogP contribution is 2.37. The first kappa shape index (κ1) is 16.7. The molecule has 0 unspecified atom stereocenters. The number of aromatic hydroxyl groups is 1. The summed E-state index contributed by atoms with van der Waals surface area (Å²) in [4.78, 5) is 23.4. The molecule has 2 aromatic rings. The van der Waals surface area contributed by atoms with Crippen LogP contribution in [0.15, 0.2) is 48.5 Å². The normalized spacial score (nSPS) is 13.3. The molecule has 0 saturated heterocycles. The van der Waals surface area contributed by atoms with Gasteiger partial charge in [-0.3, -0.25) is 4.79 Å². The third kappa shape index (κ3) is 3.77. The van der Waals surface area contributed by atoms with Crippen LogP contribution in [0.1, 0.15) is 53.6 Å². The fourth-order valence-electron chi connectivity index (χ4n) is 3.00. The maximum atomic E-state index is 12.2. The van der Waals surface area contributed by atoms with Gasteiger partial charge in [0.25, 0.3) is 0 Å². The molecule has 0 aromatic heterocycles. The van der Waals surface area contributed by atoms with Gasteiger partial charge in [-0.1, -0.05) is 31.2 Å². The van der Waals surface area contributed by atoms with Crippen molar-refractivity contribution in [3.63, 3.8) is 0 Å². The highest BCUT2D eigenvalue weighted by atomic mass is 16.4. The Balaban J connectivity index is 2.47. The Hall–Kier alpha value is -2.62. The molecule has 0 saturated carbocycles. The zero-order valence-electron chi connectivity index (χ0n) is 13.2. The summed E-state index contributed by atoms with van der Waals surface area (Å²) < 4.78 is 0. The largest absolute Gasteiger partial charge is 0.508 e. The van der Waals surface area contributed by atoms with E-state index in [-0.39, 0.29) is 28.9 Å². The average Bonchev–Trinajstić information content (AvgIpc) is 2.53. The third-order valence-corrected chi connectivity index (χ3v) is 4.09. The number of hydrogen-bond acceptors (Lipinski definition) is 3. The lowest BCUT2D eigenvalue weighted by atomic mass is 9.77. The van der Waals surface area contributed by atoms with Crippen molar-refractivity contribution in [1.82, 2.24) is 0 Å². The van der Waals surface area contributed by atoms with Crippen molar-refractivity contribution in [1.29, 1.82) is 0 Å². The Morgan fingerprint density at radius 3 is 2.22 bits per heavy atom. The van der Waals surface area contributed by atoms with Crippen molar-refractivity contribution in [3.8, 4) is 5.75 Å². The Morgan fingerprint density at radius 2 is 1.70 bits per heavy atom. The number of carbonyl (C=O) groups is 2. The number of rotatable bonds is 6. The number of hydrogen-bond donors (Lipinski definition) is 2. The summed E-state index contributed by atoms with van der Waals surface area (Å²) in [7, 11) is 0. The Morgan fingerprint density at radius 1 is 1.04 bits per heavy atom. The van der Waals surface area contributed by atoms with Crippen LogP contribution in [0.5, 0.6) is 5.75 Å². The van der Waals surface area contributed by atoms with Gasteiger partial charge in [-0.05, 0) is 54.7 Å². The van der Waals surface area contributed by atoms with Gasteiger partial charge < -0.3 is 10.2 Å². The number of phenols is 1. The molecule has 0 aliphatic carbocycles. The smallest absolute Gasteiger partial charge is 0.335 e. The first-order valence-corrected chi connectivity index (χ1v) is 7.56. The van der Waals surface area contributed by atoms with Gasteiger partial charge in [-0.25, -0.2) is 4.79 Å². The molecule has 4 heteroatoms. The van der Waals surface area contributed by atoms with Crippen LogP contribution in [-0.4, -0.2) is 22.0 Å². The average molecular weight is 312 g/mol. The maximum absolute atomic E-state index is 12.2. The molecular formula is C19H20O4. The molecular weight excluding hydrogens is 292 g/mol. The monoisotopic (exact) mass is 312 g/mol. The summed E-state index contributed by atoms with van der Waals surface area (Å²) >= 11 is 0. The van der Waals surface area contributed by atoms with Gasteiger partial charge in [-0.15, -0.1) is 0 Å². The van der Waals surface area contributed by atoms with Gasteiger partial charge in [0.2, 0.25) is 0 Å². The van der Waals surface area contributed by atoms with E-state index in [0.29, 0.717) is 6.42 Å². The molecule has 2 N–H and O–H groups in total. The van der Waals surface area contributed by atoms with E-state index in [2.05, 4.69) is 0 Å². The lowest BCUT2D eigenvalue weighted by molar-refractivity contribution is -0.119. The maximum Gasteiger partial charge on any atom is 0.335 e. The number of benzene rings is 2. The summed E-state index contributed by atoms with van der Waals surface area (Å²) in [6.07, 6.45) is 0.703. The molecule has 2 atom stereocenters. The molecule has 4 nitrogen and oxygen atoms in total. The van der Waals surface area contributed by atoms with Crippen molar-refractivity contribution < 1.29 is 19.8 Å². The molecule has 0 fully saturated rings. The minimum Gasteiger partial charge on any atom is -0.508 e. The van der Waals surface area contributed by atoms with Crippen molar-refractivity contribution in [3.05, 3.63) is 65.2 Å². The van der Waals surface area contributed by atoms with Crippen LogP contribution >= 0.6 is 0 Å². The van der Waals surface area contributed by atoms with Gasteiger partial charge in [0.1, 0.15) is 11.5 Å². The van der Waals surface area contributed by atoms with Crippen molar-refractivity contribution in [2.75, 3.05) is 0 Å². The summed E-state index contributed by atoms with van der Waals surface area (Å²) in [6, 6.07) is 13.3. The van der Waals surface area contributed by atoms with Crippen molar-refractivity contribution in [2.45, 2.75) is 32.1 Å². The Kier molecular flexibility index (Phi) is 5.16. The Bertz CT molecular complexity index is 704. The molecule has 0 spiro atoms. The topological polar surface area (TPSA) is 74.6 Å². The number of phenolic OH excluding ortho intramolecular Hbond substituents is 1. The first-order chi connectivity index (χ1) is 10.9. The molecule has 0 radical (unpaired) electrons. The number of Topliss-reactive ketones (excluding diaryl/α,β-unsaturated/α-hetero) is 1. The molecule has 120 valence electrons. The molecule has 2 rings (SSSR count). The summed E-state index contributed by atoms with van der Waals surface area (Å²) in [5, 5.41) is 18.6. The zero-order chi connectivity index (χ0) is 17.0. The fraction of sp³-hybridized carbons (Fsp3) is 0.263. The second-order valence-electron chi connectivity index (χ2n) is 5.63. The molecule has 0 heterocycles. The first-order valence-electron chi connectivity index (χ1n) is 7.56. The molecule has 2 aromatic carbocycles. The lowest BCUT2D eigenvalue weighted by Crippen LogP contribution is -2.18. The number of carboxylic acids is 1. The second kappa shape index (κ2) is 7.09. The minimum absolute atomic E-state index is 0.0169. The molecule has 23 heavy (non-hydrogen) atoms. The molecule has 0 aliphatic heterocycles. The third-order valence-electron chi connectivity index (χ3n) is 4.09. The molecule has 0 amide bonds. The van der Waals surface area contributed by atoms with Crippen LogP contribution in [0.3, 0.4) is 0 Å². The van der Waals surface area contributed by atoms with Crippen LogP contribution in [-0.2, 0) is 4.79 Å². The van der Waals surface area contributed by atoms with Crippen molar-refractivity contribution in [2.24, 2.45) is 0 Å². The van der Waals surface area contributed by atoms with E-state index in [9.17, 15) is 14.7 Å². The van der Waals surface area contributed by atoms with Gasteiger partial charge in [0.15, 0.2) is 0 Å². The standard InChI is InChI=1S/C19H20O4/c1-3-17(14-5-4-6-15(11-14)19(22)23)18(12(2)20)13-7-9-16(21)10-8-13/h4-11,17-18,21H,3H2,1-2H3,(H,22,23)/t17-,18+/m0/s1. The number of aromatic carboxylic acids is 1. The van der Waals surface area contributed by atoms with Gasteiger partial charge in [0.05, 0.1) is 5.56 Å². The number of carbonyl (C=O) groups excluding carboxylic acids is 1. The van der Waals surface area contributed by atoms with Crippen LogP contribution < -0.4 is 0 Å². The van der Waals surface area contributed by atoms with E-state index in [0.717, 1.165) is 11.1 Å². The predicted octanol–water partition coefficient (Wildman–Crippen LogP) is 3.96. The van der Waals surface area contributed by atoms with E-state index >= 15 is 0 Å². The molecule has 0 bridgehead atoms. The predicted molar refractivity (Wildman–Crippen MR) is 88.0 cm³/mol. The lowest BCUT2D eigenvalue weighted by Gasteiger charge is -2.25. The van der Waals surface area contributed by atoms with Crippen LogP contribution in [0.25, 0.3) is 0 Å². The highest BCUT2D eigenvalue weighted by molar-refractivity contribution is 5.88. The van der Waals surface area contributed by atoms with Crippen LogP contribution in [0.2, 0.25) is 0 Å². The van der Waals surface area contributed by atoms with Crippen LogP contribution in [0.4, 0.5) is 0 Å². The molecule has 0 aliphatic rings. The summed E-state index contributed by atoms with van der Waals surface area (Å²) in [5.74, 6) is -1.30.